The molecular formula is C23H21NO5S. The van der Waals surface area contributed by atoms with Crippen molar-refractivity contribution in [2.24, 2.45) is 11.8 Å². The fraction of sp³-hybridized carbons (Fsp3) is 0.304. The first-order valence-electron chi connectivity index (χ1n) is 9.90. The predicted octanol–water partition coefficient (Wildman–Crippen LogP) is 3.63. The molecule has 154 valence electrons. The summed E-state index contributed by atoms with van der Waals surface area (Å²) < 4.78 is 8.43. The van der Waals surface area contributed by atoms with Crippen LogP contribution in [0.3, 0.4) is 0 Å². The molecule has 1 saturated heterocycles. The highest BCUT2D eigenvalue weighted by Gasteiger charge is 2.59. The van der Waals surface area contributed by atoms with E-state index in [1.807, 2.05) is 37.3 Å². The molecule has 7 heteroatoms. The van der Waals surface area contributed by atoms with Gasteiger partial charge in [-0.1, -0.05) is 31.2 Å². The summed E-state index contributed by atoms with van der Waals surface area (Å²) >= 11 is 1.69. The van der Waals surface area contributed by atoms with Crippen LogP contribution in [0.1, 0.15) is 13.8 Å². The lowest BCUT2D eigenvalue weighted by atomic mass is 9.78. The highest BCUT2D eigenvalue weighted by atomic mass is 32.1. The molecule has 30 heavy (non-hydrogen) atoms. The summed E-state index contributed by atoms with van der Waals surface area (Å²) in [4.78, 5) is 25.8. The number of β-lactam (4-membered cyclic amide) rings is 1. The van der Waals surface area contributed by atoms with Crippen LogP contribution in [-0.2, 0) is 9.59 Å². The number of fused-ring (bicyclic) bond motifs is 4. The molecular weight excluding hydrogens is 402 g/mol. The second-order valence-corrected chi connectivity index (χ2v) is 9.03. The van der Waals surface area contributed by atoms with Gasteiger partial charge in [-0.15, -0.1) is 11.3 Å². The first-order valence-corrected chi connectivity index (χ1v) is 10.7. The van der Waals surface area contributed by atoms with Gasteiger partial charge < -0.3 is 19.8 Å². The largest absolute Gasteiger partial charge is 0.488 e. The molecule has 1 aromatic heterocycles. The maximum atomic E-state index is 12.5. The molecule has 2 N–H and O–H groups in total. The number of aliphatic hydroxyl groups excluding tert-OH is 1. The number of hydrogen-bond acceptors (Lipinski definition) is 5. The first-order chi connectivity index (χ1) is 14.4. The third-order valence-electron chi connectivity index (χ3n) is 6.27. The number of carboxylic acids is 1. The number of hydrogen-bond donors (Lipinski definition) is 2. The number of ether oxygens (including phenoxy) is 1. The first kappa shape index (κ1) is 19.1. The van der Waals surface area contributed by atoms with Crippen molar-refractivity contribution in [2.75, 3.05) is 6.61 Å². The molecule has 4 unspecified atom stereocenters. The quantitative estimate of drug-likeness (QED) is 0.612. The number of carbonyl (C=O) groups excluding carboxylic acids is 1. The molecule has 0 bridgehead atoms. The molecule has 3 aromatic rings. The number of aliphatic hydroxyl groups is 1. The Kier molecular flexibility index (Phi) is 4.34. The molecule has 1 fully saturated rings. The lowest BCUT2D eigenvalue weighted by Crippen LogP contribution is -2.63. The van der Waals surface area contributed by atoms with Crippen LogP contribution in [0.2, 0.25) is 0 Å². The van der Waals surface area contributed by atoms with Gasteiger partial charge in [0.2, 0.25) is 5.91 Å². The molecule has 2 aliphatic heterocycles. The van der Waals surface area contributed by atoms with Crippen LogP contribution in [0.4, 0.5) is 0 Å². The molecule has 1 amide bonds. The Hall–Kier alpha value is -2.90. The Balaban J connectivity index is 1.51. The van der Waals surface area contributed by atoms with E-state index in [-0.39, 0.29) is 30.2 Å². The summed E-state index contributed by atoms with van der Waals surface area (Å²) in [5.74, 6) is -1.55. The Morgan fingerprint density at radius 3 is 2.67 bits per heavy atom. The van der Waals surface area contributed by atoms with E-state index >= 15 is 0 Å². The molecule has 0 spiro atoms. The van der Waals surface area contributed by atoms with Crippen LogP contribution in [-0.4, -0.2) is 45.7 Å². The van der Waals surface area contributed by atoms with Crippen molar-refractivity contribution in [1.29, 1.82) is 0 Å². The van der Waals surface area contributed by atoms with Crippen molar-refractivity contribution in [1.82, 2.24) is 4.90 Å². The molecule has 4 atom stereocenters. The number of rotatable bonds is 5. The Morgan fingerprint density at radius 2 is 1.93 bits per heavy atom. The predicted molar refractivity (Wildman–Crippen MR) is 114 cm³/mol. The lowest BCUT2D eigenvalue weighted by Gasteiger charge is -2.46. The average molecular weight is 423 g/mol. The van der Waals surface area contributed by atoms with Crippen molar-refractivity contribution in [2.45, 2.75) is 26.0 Å². The van der Waals surface area contributed by atoms with E-state index < -0.39 is 18.0 Å². The van der Waals surface area contributed by atoms with Crippen molar-refractivity contribution >= 4 is 43.4 Å². The Bertz CT molecular complexity index is 1230. The van der Waals surface area contributed by atoms with Crippen LogP contribution < -0.4 is 4.74 Å². The zero-order valence-corrected chi connectivity index (χ0v) is 17.3. The zero-order valence-electron chi connectivity index (χ0n) is 16.5. The normalized spacial score (nSPS) is 24.3. The van der Waals surface area contributed by atoms with Crippen LogP contribution in [0.5, 0.6) is 5.75 Å². The maximum absolute atomic E-state index is 12.5. The monoisotopic (exact) mass is 423 g/mol. The van der Waals surface area contributed by atoms with E-state index in [0.717, 1.165) is 20.2 Å². The third kappa shape index (κ3) is 2.58. The van der Waals surface area contributed by atoms with E-state index in [0.29, 0.717) is 11.3 Å². The third-order valence-corrected chi connectivity index (χ3v) is 7.40. The smallest absolute Gasteiger partial charge is 0.352 e. The van der Waals surface area contributed by atoms with Gasteiger partial charge in [0.25, 0.3) is 0 Å². The highest BCUT2D eigenvalue weighted by Crippen LogP contribution is 2.47. The van der Waals surface area contributed by atoms with Gasteiger partial charge in [-0.25, -0.2) is 4.79 Å². The fourth-order valence-corrected chi connectivity index (χ4v) is 5.98. The van der Waals surface area contributed by atoms with Crippen molar-refractivity contribution in [3.8, 4) is 5.75 Å². The van der Waals surface area contributed by atoms with E-state index in [9.17, 15) is 19.8 Å². The van der Waals surface area contributed by atoms with Crippen molar-refractivity contribution < 1.29 is 24.5 Å². The van der Waals surface area contributed by atoms with Gasteiger partial charge in [0, 0.05) is 31.7 Å². The Morgan fingerprint density at radius 1 is 1.20 bits per heavy atom. The molecule has 0 saturated carbocycles. The van der Waals surface area contributed by atoms with E-state index in [4.69, 9.17) is 4.74 Å². The van der Waals surface area contributed by atoms with Crippen LogP contribution in [0, 0.1) is 11.8 Å². The second kappa shape index (κ2) is 6.82. The number of carbonyl (C=O) groups is 2. The maximum Gasteiger partial charge on any atom is 0.352 e. The van der Waals surface area contributed by atoms with E-state index in [1.165, 1.54) is 4.90 Å². The number of aliphatic carboxylic acids is 1. The topological polar surface area (TPSA) is 87.1 Å². The number of carboxylic acid groups (broad SMARTS) is 1. The van der Waals surface area contributed by atoms with Gasteiger partial charge in [-0.05, 0) is 25.1 Å². The SMILES string of the molecule is CC(O)C1C(=O)N2C(C(=O)O)=C(COc3cccc4sc5ccccc5c34)C(C)C12. The molecule has 3 heterocycles. The average Bonchev–Trinajstić information content (AvgIpc) is 3.20. The standard InChI is InChI=1S/C23H21NO5S/c1-11-14(21(23(27)28)24-20(11)18(12(2)25)22(24)26)10-29-15-7-5-9-17-19(15)13-6-3-4-8-16(13)30-17/h3-9,11-12,18,20,25H,10H2,1-2H3,(H,27,28). The molecule has 5 rings (SSSR count). The van der Waals surface area contributed by atoms with Gasteiger partial charge >= 0.3 is 5.97 Å². The van der Waals surface area contributed by atoms with Crippen LogP contribution in [0.15, 0.2) is 53.7 Å². The van der Waals surface area contributed by atoms with Crippen molar-refractivity contribution in [3.63, 3.8) is 0 Å². The minimum absolute atomic E-state index is 0.00301. The molecule has 2 aliphatic rings. The zero-order chi connectivity index (χ0) is 21.2. The summed E-state index contributed by atoms with van der Waals surface area (Å²) in [5, 5.41) is 21.9. The minimum Gasteiger partial charge on any atom is -0.488 e. The highest BCUT2D eigenvalue weighted by molar-refractivity contribution is 7.25. The summed E-state index contributed by atoms with van der Waals surface area (Å²) in [6, 6.07) is 13.6. The molecule has 2 aromatic carbocycles. The van der Waals surface area contributed by atoms with Crippen LogP contribution >= 0.6 is 11.3 Å². The van der Waals surface area contributed by atoms with Gasteiger partial charge in [0.1, 0.15) is 18.1 Å². The number of thiophene rings is 1. The van der Waals surface area contributed by atoms with Gasteiger partial charge in [-0.2, -0.15) is 0 Å². The van der Waals surface area contributed by atoms with Crippen molar-refractivity contribution in [3.05, 3.63) is 53.7 Å². The molecule has 6 nitrogen and oxygen atoms in total. The number of amides is 1. The van der Waals surface area contributed by atoms with Gasteiger partial charge in [-0.3, -0.25) is 4.79 Å². The summed E-state index contributed by atoms with van der Waals surface area (Å²) in [6.45, 7) is 3.55. The molecule has 0 aliphatic carbocycles. The minimum atomic E-state index is -1.14. The summed E-state index contributed by atoms with van der Waals surface area (Å²) in [5.41, 5.74) is 0.581. The summed E-state index contributed by atoms with van der Waals surface area (Å²) in [7, 11) is 0. The van der Waals surface area contributed by atoms with E-state index in [1.54, 1.807) is 18.3 Å². The van der Waals surface area contributed by atoms with Gasteiger partial charge in [0.05, 0.1) is 18.1 Å². The lowest BCUT2D eigenvalue weighted by molar-refractivity contribution is -0.163. The van der Waals surface area contributed by atoms with E-state index in [2.05, 4.69) is 12.1 Å². The second-order valence-electron chi connectivity index (χ2n) is 7.95. The molecule has 0 radical (unpaired) electrons. The van der Waals surface area contributed by atoms with Crippen LogP contribution in [0.25, 0.3) is 20.2 Å². The fourth-order valence-electron chi connectivity index (χ4n) is 4.85. The number of nitrogens with zero attached hydrogens (tertiary/aromatic N) is 1. The number of benzene rings is 2. The Labute approximate surface area is 177 Å². The summed E-state index contributed by atoms with van der Waals surface area (Å²) in [6.07, 6.45) is -0.817. The van der Waals surface area contributed by atoms with Gasteiger partial charge in [0.15, 0.2) is 0 Å².